The Morgan fingerprint density at radius 3 is 2.79 bits per heavy atom. The lowest BCUT2D eigenvalue weighted by Gasteiger charge is -2.23. The molecule has 2 rings (SSSR count). The van der Waals surface area contributed by atoms with E-state index >= 15 is 0 Å². The van der Waals surface area contributed by atoms with Gasteiger partial charge in [-0.2, -0.15) is 0 Å². The lowest BCUT2D eigenvalue weighted by molar-refractivity contribution is 0.157. The molecule has 14 heavy (non-hydrogen) atoms. The number of aliphatic hydroxyl groups excluding tert-OH is 1. The van der Waals surface area contributed by atoms with E-state index in [9.17, 15) is 5.11 Å². The van der Waals surface area contributed by atoms with Crippen molar-refractivity contribution >= 4 is 5.90 Å². The van der Waals surface area contributed by atoms with E-state index in [0.29, 0.717) is 18.4 Å². The summed E-state index contributed by atoms with van der Waals surface area (Å²) in [5.41, 5.74) is 0. The van der Waals surface area contributed by atoms with E-state index in [0.717, 1.165) is 13.0 Å². The number of rotatable bonds is 3. The number of aliphatic hydroxyl groups is 1. The highest BCUT2D eigenvalue weighted by atomic mass is 16.5. The number of hydrogen-bond acceptors (Lipinski definition) is 3. The second-order valence-electron chi connectivity index (χ2n) is 4.32. The minimum absolute atomic E-state index is 0.444. The van der Waals surface area contributed by atoms with Crippen LogP contribution < -0.4 is 0 Å². The molecule has 1 saturated carbocycles. The Bertz CT molecular complexity index is 209. The van der Waals surface area contributed by atoms with Crippen LogP contribution in [-0.4, -0.2) is 30.3 Å². The molecular weight excluding hydrogens is 178 g/mol. The van der Waals surface area contributed by atoms with Gasteiger partial charge in [0.05, 0.1) is 6.54 Å². The van der Waals surface area contributed by atoms with Gasteiger partial charge in [-0.15, -0.1) is 0 Å². The first-order chi connectivity index (χ1) is 6.86. The van der Waals surface area contributed by atoms with Crippen molar-refractivity contribution in [3.63, 3.8) is 0 Å². The van der Waals surface area contributed by atoms with E-state index in [1.165, 1.54) is 32.1 Å². The Hall–Kier alpha value is -0.570. The van der Waals surface area contributed by atoms with Gasteiger partial charge in [-0.05, 0) is 12.3 Å². The summed E-state index contributed by atoms with van der Waals surface area (Å²) in [4.78, 5) is 4.15. The van der Waals surface area contributed by atoms with Crippen molar-refractivity contribution in [2.45, 2.75) is 44.6 Å². The van der Waals surface area contributed by atoms with E-state index in [1.807, 2.05) is 0 Å². The minimum Gasteiger partial charge on any atom is -0.477 e. The van der Waals surface area contributed by atoms with Crippen LogP contribution in [0.2, 0.25) is 0 Å². The molecule has 0 amide bonds. The largest absolute Gasteiger partial charge is 0.477 e. The fourth-order valence-corrected chi connectivity index (χ4v) is 2.39. The molecule has 80 valence electrons. The summed E-state index contributed by atoms with van der Waals surface area (Å²) < 4.78 is 5.26. The molecule has 1 fully saturated rings. The lowest BCUT2D eigenvalue weighted by Crippen LogP contribution is -2.24. The van der Waals surface area contributed by atoms with Crippen LogP contribution in [0.4, 0.5) is 0 Å². The van der Waals surface area contributed by atoms with Gasteiger partial charge < -0.3 is 9.84 Å². The Kier molecular flexibility index (Phi) is 3.40. The van der Waals surface area contributed by atoms with Gasteiger partial charge in [-0.25, -0.2) is 4.99 Å². The fourth-order valence-electron chi connectivity index (χ4n) is 2.39. The van der Waals surface area contributed by atoms with Crippen LogP contribution in [0.1, 0.15) is 38.5 Å². The smallest absolute Gasteiger partial charge is 0.213 e. The predicted molar refractivity (Wildman–Crippen MR) is 55.5 cm³/mol. The lowest BCUT2D eigenvalue weighted by atomic mass is 9.85. The third kappa shape index (κ3) is 2.47. The normalized spacial score (nSPS) is 25.6. The minimum atomic E-state index is -0.444. The Balaban J connectivity index is 1.77. The van der Waals surface area contributed by atoms with Crippen LogP contribution >= 0.6 is 0 Å². The first kappa shape index (κ1) is 9.97. The maximum Gasteiger partial charge on any atom is 0.213 e. The number of nitrogens with zero attached hydrogens (tertiary/aromatic N) is 1. The van der Waals surface area contributed by atoms with Gasteiger partial charge in [0.25, 0.3) is 0 Å². The van der Waals surface area contributed by atoms with Crippen LogP contribution in [0.5, 0.6) is 0 Å². The second kappa shape index (κ2) is 4.78. The predicted octanol–water partition coefficient (Wildman–Crippen LogP) is 1.75. The van der Waals surface area contributed by atoms with Gasteiger partial charge in [0.1, 0.15) is 12.7 Å². The van der Waals surface area contributed by atoms with Gasteiger partial charge in [0.15, 0.2) is 0 Å². The molecule has 0 aromatic carbocycles. The standard InChI is InChI=1S/C11H19NO2/c13-10(11-12-6-7-14-11)8-9-4-2-1-3-5-9/h9-10,13H,1-8H2. The van der Waals surface area contributed by atoms with Crippen molar-refractivity contribution in [2.75, 3.05) is 13.2 Å². The maximum atomic E-state index is 9.85. The fraction of sp³-hybridized carbons (Fsp3) is 0.909. The summed E-state index contributed by atoms with van der Waals surface area (Å²) >= 11 is 0. The monoisotopic (exact) mass is 197 g/mol. The number of aliphatic imine (C=N–C) groups is 1. The summed E-state index contributed by atoms with van der Waals surface area (Å²) in [6.07, 6.45) is 6.95. The summed E-state index contributed by atoms with van der Waals surface area (Å²) in [7, 11) is 0. The Morgan fingerprint density at radius 1 is 1.36 bits per heavy atom. The van der Waals surface area contributed by atoms with Crippen LogP contribution in [0.3, 0.4) is 0 Å². The maximum absolute atomic E-state index is 9.85. The molecule has 3 nitrogen and oxygen atoms in total. The van der Waals surface area contributed by atoms with E-state index in [1.54, 1.807) is 0 Å². The quantitative estimate of drug-likeness (QED) is 0.749. The first-order valence-corrected chi connectivity index (χ1v) is 5.71. The van der Waals surface area contributed by atoms with E-state index < -0.39 is 6.10 Å². The molecule has 0 aromatic rings. The summed E-state index contributed by atoms with van der Waals surface area (Å²) in [6.45, 7) is 1.37. The highest BCUT2D eigenvalue weighted by molar-refractivity contribution is 5.81. The van der Waals surface area contributed by atoms with Gasteiger partial charge in [0.2, 0.25) is 5.90 Å². The Morgan fingerprint density at radius 2 is 2.14 bits per heavy atom. The second-order valence-corrected chi connectivity index (χ2v) is 4.32. The van der Waals surface area contributed by atoms with Crippen LogP contribution in [-0.2, 0) is 4.74 Å². The molecule has 1 atom stereocenters. The third-order valence-electron chi connectivity index (χ3n) is 3.18. The van der Waals surface area contributed by atoms with Crippen molar-refractivity contribution < 1.29 is 9.84 Å². The zero-order valence-corrected chi connectivity index (χ0v) is 8.61. The molecule has 0 radical (unpaired) electrons. The summed E-state index contributed by atoms with van der Waals surface area (Å²) in [5.74, 6) is 1.27. The van der Waals surface area contributed by atoms with E-state index in [2.05, 4.69) is 4.99 Å². The topological polar surface area (TPSA) is 41.8 Å². The molecule has 2 aliphatic rings. The zero-order chi connectivity index (χ0) is 9.80. The molecule has 1 heterocycles. The molecule has 1 aliphatic heterocycles. The highest BCUT2D eigenvalue weighted by Gasteiger charge is 2.23. The van der Waals surface area contributed by atoms with Crippen molar-refractivity contribution in [2.24, 2.45) is 10.9 Å². The van der Waals surface area contributed by atoms with E-state index in [4.69, 9.17) is 4.74 Å². The molecule has 1 N–H and O–H groups in total. The SMILES string of the molecule is OC(CC1CCCCC1)C1=NCCO1. The number of hydrogen-bond donors (Lipinski definition) is 1. The van der Waals surface area contributed by atoms with Crippen molar-refractivity contribution in [1.29, 1.82) is 0 Å². The van der Waals surface area contributed by atoms with Crippen LogP contribution in [0.15, 0.2) is 4.99 Å². The van der Waals surface area contributed by atoms with Crippen LogP contribution in [0, 0.1) is 5.92 Å². The van der Waals surface area contributed by atoms with Crippen molar-refractivity contribution in [1.82, 2.24) is 0 Å². The Labute approximate surface area is 85.2 Å². The highest BCUT2D eigenvalue weighted by Crippen LogP contribution is 2.27. The third-order valence-corrected chi connectivity index (χ3v) is 3.18. The molecule has 0 spiro atoms. The number of ether oxygens (including phenoxy) is 1. The van der Waals surface area contributed by atoms with Crippen molar-refractivity contribution in [3.05, 3.63) is 0 Å². The zero-order valence-electron chi connectivity index (χ0n) is 8.61. The van der Waals surface area contributed by atoms with Gasteiger partial charge >= 0.3 is 0 Å². The van der Waals surface area contributed by atoms with E-state index in [-0.39, 0.29) is 0 Å². The molecule has 0 aromatic heterocycles. The molecular formula is C11H19NO2. The summed E-state index contributed by atoms with van der Waals surface area (Å²) in [5, 5.41) is 9.85. The summed E-state index contributed by atoms with van der Waals surface area (Å²) in [6, 6.07) is 0. The average Bonchev–Trinajstić information content (AvgIpc) is 2.72. The average molecular weight is 197 g/mol. The first-order valence-electron chi connectivity index (χ1n) is 5.71. The molecule has 0 bridgehead atoms. The van der Waals surface area contributed by atoms with Gasteiger partial charge in [0, 0.05) is 0 Å². The molecule has 1 aliphatic carbocycles. The van der Waals surface area contributed by atoms with Gasteiger partial charge in [-0.3, -0.25) is 0 Å². The molecule has 1 unspecified atom stereocenters. The molecule has 3 heteroatoms. The van der Waals surface area contributed by atoms with Gasteiger partial charge in [-0.1, -0.05) is 32.1 Å². The van der Waals surface area contributed by atoms with Crippen LogP contribution in [0.25, 0.3) is 0 Å². The molecule has 0 saturated heterocycles. The van der Waals surface area contributed by atoms with Crippen molar-refractivity contribution in [3.8, 4) is 0 Å².